The van der Waals surface area contributed by atoms with Crippen molar-refractivity contribution < 1.29 is 33.3 Å². The van der Waals surface area contributed by atoms with Crippen molar-refractivity contribution in [2.24, 2.45) is 0 Å². The van der Waals surface area contributed by atoms with Crippen LogP contribution in [0.3, 0.4) is 0 Å². The number of rotatable bonds is 7. The Morgan fingerprint density at radius 3 is 2.41 bits per heavy atom. The molecule has 0 atom stereocenters. The van der Waals surface area contributed by atoms with Crippen LogP contribution < -0.4 is 28.9 Å². The number of para-hydroxylation sites is 2. The summed E-state index contributed by atoms with van der Waals surface area (Å²) in [6.45, 7) is 9.08. The van der Waals surface area contributed by atoms with Crippen LogP contribution in [0.5, 0.6) is 0 Å². The highest BCUT2D eigenvalue weighted by molar-refractivity contribution is 6.24. The van der Waals surface area contributed by atoms with E-state index in [9.17, 15) is 4.79 Å². The Bertz CT molecular complexity index is 1290. The molecule has 2 heterocycles. The first-order valence-electron chi connectivity index (χ1n) is 11.2. The third-order valence-electron chi connectivity index (χ3n) is 7.07. The van der Waals surface area contributed by atoms with E-state index in [0.29, 0.717) is 6.54 Å². The standard InChI is InChI=1S/C26H29N4O.HI/c1-4-30(3,5-2)17-16-28-22-14-7-6-13-21(22)27-24(28)18-29-23-15-9-11-19-10-8-12-20(25(19)23)26(29)31;/h6-15H,4-5,16-18H2,1-3H3;1H/q+1;/p-1. The van der Waals surface area contributed by atoms with Gasteiger partial charge in [0.2, 0.25) is 0 Å². The Morgan fingerprint density at radius 2 is 1.66 bits per heavy atom. The number of hydrogen-bond acceptors (Lipinski definition) is 2. The van der Waals surface area contributed by atoms with Gasteiger partial charge >= 0.3 is 0 Å². The number of likely N-dealkylation sites (N-methyl/N-ethyl adjacent to an activating group) is 1. The second kappa shape index (κ2) is 8.83. The van der Waals surface area contributed by atoms with Crippen LogP contribution in [0.4, 0.5) is 5.69 Å². The summed E-state index contributed by atoms with van der Waals surface area (Å²) in [7, 11) is 2.31. The summed E-state index contributed by atoms with van der Waals surface area (Å²) < 4.78 is 3.33. The molecule has 5 nitrogen and oxygen atoms in total. The number of hydrogen-bond donors (Lipinski definition) is 0. The third kappa shape index (κ3) is 3.69. The minimum atomic E-state index is 0. The van der Waals surface area contributed by atoms with E-state index in [0.717, 1.165) is 69.5 Å². The first-order valence-corrected chi connectivity index (χ1v) is 11.2. The van der Waals surface area contributed by atoms with Crippen LogP contribution in [0.15, 0.2) is 60.7 Å². The lowest BCUT2D eigenvalue weighted by atomic mass is 10.1. The molecule has 0 bridgehead atoms. The molecule has 1 aromatic heterocycles. The number of quaternary nitrogens is 1. The van der Waals surface area contributed by atoms with Crippen LogP contribution in [-0.2, 0) is 13.1 Å². The summed E-state index contributed by atoms with van der Waals surface area (Å²) in [5.41, 5.74) is 3.90. The number of benzene rings is 3. The predicted molar refractivity (Wildman–Crippen MR) is 126 cm³/mol. The lowest BCUT2D eigenvalue weighted by Crippen LogP contribution is -3.00. The topological polar surface area (TPSA) is 38.1 Å². The van der Waals surface area contributed by atoms with Crippen molar-refractivity contribution in [3.8, 4) is 0 Å². The molecule has 5 rings (SSSR count). The number of nitrogens with zero attached hydrogens (tertiary/aromatic N) is 4. The average molecular weight is 540 g/mol. The molecule has 4 aromatic rings. The zero-order valence-corrected chi connectivity index (χ0v) is 21.0. The van der Waals surface area contributed by atoms with Crippen LogP contribution in [0.1, 0.15) is 30.0 Å². The quantitative estimate of drug-likeness (QED) is 0.265. The molecule has 1 amide bonds. The largest absolute Gasteiger partial charge is 1.00 e. The van der Waals surface area contributed by atoms with Gasteiger partial charge in [-0.3, -0.25) is 4.79 Å². The Kier molecular flexibility index (Phi) is 6.27. The van der Waals surface area contributed by atoms with Gasteiger partial charge in [-0.15, -0.1) is 0 Å². The van der Waals surface area contributed by atoms with Crippen molar-refractivity contribution in [3.63, 3.8) is 0 Å². The molecule has 166 valence electrons. The summed E-state index contributed by atoms with van der Waals surface area (Å²) in [6, 6.07) is 20.4. The Balaban J connectivity index is 0.00000245. The summed E-state index contributed by atoms with van der Waals surface area (Å²) >= 11 is 0. The van der Waals surface area contributed by atoms with Crippen molar-refractivity contribution in [1.82, 2.24) is 9.55 Å². The van der Waals surface area contributed by atoms with Crippen molar-refractivity contribution in [1.29, 1.82) is 0 Å². The number of amides is 1. The van der Waals surface area contributed by atoms with E-state index in [2.05, 4.69) is 55.8 Å². The SMILES string of the molecule is CC[N+](C)(CC)CCn1c(CN2C(=O)c3cccc4cccc2c34)nc2ccccc21.[I-]. The molecule has 0 aliphatic carbocycles. The maximum atomic E-state index is 13.3. The monoisotopic (exact) mass is 540 g/mol. The van der Waals surface area contributed by atoms with Gasteiger partial charge in [-0.1, -0.05) is 36.4 Å². The van der Waals surface area contributed by atoms with E-state index in [4.69, 9.17) is 4.98 Å². The minimum Gasteiger partial charge on any atom is -1.00 e. The number of carbonyl (C=O) groups excluding carboxylic acids is 1. The van der Waals surface area contributed by atoms with E-state index in [-0.39, 0.29) is 29.9 Å². The van der Waals surface area contributed by atoms with Gasteiger partial charge in [0.15, 0.2) is 0 Å². The molecule has 1 aliphatic heterocycles. The summed E-state index contributed by atoms with van der Waals surface area (Å²) in [5, 5.41) is 2.16. The third-order valence-corrected chi connectivity index (χ3v) is 7.07. The summed E-state index contributed by atoms with van der Waals surface area (Å²) in [4.78, 5) is 20.1. The predicted octanol–water partition coefficient (Wildman–Crippen LogP) is 1.84. The smallest absolute Gasteiger partial charge is 0.259 e. The normalized spacial score (nSPS) is 13.2. The van der Waals surface area contributed by atoms with Gasteiger partial charge in [0.05, 0.1) is 56.5 Å². The lowest BCUT2D eigenvalue weighted by molar-refractivity contribution is -0.906. The van der Waals surface area contributed by atoms with Crippen LogP contribution in [0.25, 0.3) is 21.8 Å². The van der Waals surface area contributed by atoms with Crippen molar-refractivity contribution >= 4 is 33.4 Å². The minimum absolute atomic E-state index is 0. The Hall–Kier alpha value is -2.45. The van der Waals surface area contributed by atoms with Crippen molar-refractivity contribution in [3.05, 3.63) is 72.1 Å². The molecule has 1 aliphatic rings. The molecule has 0 saturated heterocycles. The van der Waals surface area contributed by atoms with E-state index >= 15 is 0 Å². The number of anilines is 1. The lowest BCUT2D eigenvalue weighted by Gasteiger charge is -2.32. The van der Waals surface area contributed by atoms with Crippen LogP contribution >= 0.6 is 0 Å². The van der Waals surface area contributed by atoms with Crippen LogP contribution in [0.2, 0.25) is 0 Å². The highest BCUT2D eigenvalue weighted by atomic mass is 127. The average Bonchev–Trinajstić information content (AvgIpc) is 3.29. The van der Waals surface area contributed by atoms with Gasteiger partial charge in [0.25, 0.3) is 5.91 Å². The molecule has 0 radical (unpaired) electrons. The van der Waals surface area contributed by atoms with E-state index in [1.165, 1.54) is 0 Å². The van der Waals surface area contributed by atoms with E-state index < -0.39 is 0 Å². The van der Waals surface area contributed by atoms with Crippen LogP contribution in [-0.4, -0.2) is 46.6 Å². The van der Waals surface area contributed by atoms with Gasteiger partial charge in [0.1, 0.15) is 5.82 Å². The molecule has 0 unspecified atom stereocenters. The van der Waals surface area contributed by atoms with Gasteiger partial charge in [-0.25, -0.2) is 4.98 Å². The second-order valence-corrected chi connectivity index (χ2v) is 8.72. The maximum absolute atomic E-state index is 13.3. The molecule has 0 N–H and O–H groups in total. The number of fused-ring (bicyclic) bond motifs is 1. The number of imidazole rings is 1. The maximum Gasteiger partial charge on any atom is 0.259 e. The molecule has 0 saturated carbocycles. The summed E-state index contributed by atoms with van der Waals surface area (Å²) in [6.07, 6.45) is 0. The zero-order valence-electron chi connectivity index (χ0n) is 18.9. The first kappa shape index (κ1) is 22.7. The number of carbonyl (C=O) groups is 1. The fraction of sp³-hybridized carbons (Fsp3) is 0.308. The molecular formula is C26H29IN4O. The molecule has 32 heavy (non-hydrogen) atoms. The van der Waals surface area contributed by atoms with Crippen LogP contribution in [0, 0.1) is 0 Å². The number of halogens is 1. The van der Waals surface area contributed by atoms with Gasteiger partial charge in [0, 0.05) is 10.9 Å². The molecule has 0 spiro atoms. The molecular weight excluding hydrogens is 511 g/mol. The fourth-order valence-corrected chi connectivity index (χ4v) is 4.65. The Labute approximate surface area is 206 Å². The van der Waals surface area contributed by atoms with Crippen molar-refractivity contribution in [2.75, 3.05) is 31.6 Å². The highest BCUT2D eigenvalue weighted by Crippen LogP contribution is 2.38. The zero-order chi connectivity index (χ0) is 21.6. The Morgan fingerprint density at radius 1 is 0.938 bits per heavy atom. The number of aromatic nitrogens is 2. The fourth-order valence-electron chi connectivity index (χ4n) is 4.65. The molecule has 0 fully saturated rings. The summed E-state index contributed by atoms with van der Waals surface area (Å²) in [5.74, 6) is 1.01. The van der Waals surface area contributed by atoms with E-state index in [1.807, 2.05) is 35.2 Å². The first-order chi connectivity index (χ1) is 15.0. The van der Waals surface area contributed by atoms with Gasteiger partial charge in [-0.2, -0.15) is 0 Å². The van der Waals surface area contributed by atoms with Gasteiger partial charge in [-0.05, 0) is 43.5 Å². The highest BCUT2D eigenvalue weighted by Gasteiger charge is 2.31. The van der Waals surface area contributed by atoms with E-state index in [1.54, 1.807) is 0 Å². The van der Waals surface area contributed by atoms with Crippen molar-refractivity contribution in [2.45, 2.75) is 26.9 Å². The second-order valence-electron chi connectivity index (χ2n) is 8.72. The van der Waals surface area contributed by atoms with Gasteiger partial charge < -0.3 is 37.9 Å². The molecule has 3 aromatic carbocycles. The molecule has 6 heteroatoms.